The van der Waals surface area contributed by atoms with Gasteiger partial charge in [0, 0.05) is 25.5 Å². The van der Waals surface area contributed by atoms with Crippen molar-refractivity contribution in [3.05, 3.63) is 76.5 Å². The van der Waals surface area contributed by atoms with Crippen molar-refractivity contribution in [1.29, 1.82) is 0 Å². The summed E-state index contributed by atoms with van der Waals surface area (Å²) in [5.41, 5.74) is -2.60. The van der Waals surface area contributed by atoms with Crippen molar-refractivity contribution in [3.8, 4) is 17.2 Å². The number of hydrogen-bond donors (Lipinski definition) is 2. The Balaban J connectivity index is 1.60. The molecular weight excluding hydrogens is 447 g/mol. The van der Waals surface area contributed by atoms with E-state index in [4.69, 9.17) is 14.6 Å². The van der Waals surface area contributed by atoms with E-state index in [1.807, 2.05) is 0 Å². The van der Waals surface area contributed by atoms with Crippen LogP contribution in [0.15, 0.2) is 59.7 Å². The fourth-order valence-electron chi connectivity index (χ4n) is 2.62. The van der Waals surface area contributed by atoms with Crippen molar-refractivity contribution >= 4 is 17.6 Å². The van der Waals surface area contributed by atoms with Gasteiger partial charge in [-0.3, -0.25) is 9.59 Å². The molecule has 0 saturated carbocycles. The van der Waals surface area contributed by atoms with Gasteiger partial charge < -0.3 is 24.5 Å². The number of halogens is 3. The van der Waals surface area contributed by atoms with Gasteiger partial charge >= 0.3 is 12.1 Å². The van der Waals surface area contributed by atoms with Crippen LogP contribution in [0, 0.1) is 0 Å². The molecule has 3 aromatic rings. The summed E-state index contributed by atoms with van der Waals surface area (Å²) in [6.07, 6.45) is -2.77. The molecule has 172 valence electrons. The second-order valence-corrected chi connectivity index (χ2v) is 6.65. The average Bonchev–Trinajstić information content (AvgIpc) is 2.75. The van der Waals surface area contributed by atoms with Gasteiger partial charge in [-0.2, -0.15) is 13.2 Å². The zero-order valence-corrected chi connectivity index (χ0v) is 16.9. The number of nitrogens with one attached hydrogen (secondary N) is 1. The number of aromatic nitrogens is 2. The Kier molecular flexibility index (Phi) is 6.66. The third kappa shape index (κ3) is 6.09. The first kappa shape index (κ1) is 23.3. The van der Waals surface area contributed by atoms with E-state index in [9.17, 15) is 27.6 Å². The van der Waals surface area contributed by atoms with Gasteiger partial charge in [0.05, 0.1) is 5.56 Å². The number of rotatable bonds is 7. The number of nitrogens with zero attached hydrogens (tertiary/aromatic N) is 2. The molecule has 0 radical (unpaired) electrons. The van der Waals surface area contributed by atoms with E-state index in [-0.39, 0.29) is 17.2 Å². The predicted molar refractivity (Wildman–Crippen MR) is 109 cm³/mol. The van der Waals surface area contributed by atoms with Crippen molar-refractivity contribution in [3.63, 3.8) is 0 Å². The molecule has 0 fully saturated rings. The number of carbonyl (C=O) groups is 2. The molecule has 0 unspecified atom stereocenters. The highest BCUT2D eigenvalue weighted by atomic mass is 19.4. The zero-order valence-electron chi connectivity index (χ0n) is 16.9. The van der Waals surface area contributed by atoms with Crippen molar-refractivity contribution in [1.82, 2.24) is 9.55 Å². The van der Waals surface area contributed by atoms with E-state index >= 15 is 0 Å². The summed E-state index contributed by atoms with van der Waals surface area (Å²) < 4.78 is 50.3. The average molecular weight is 463 g/mol. The lowest BCUT2D eigenvalue weighted by Gasteiger charge is -2.12. The van der Waals surface area contributed by atoms with Gasteiger partial charge in [0.15, 0.2) is 12.3 Å². The first-order chi connectivity index (χ1) is 15.5. The van der Waals surface area contributed by atoms with E-state index in [1.54, 1.807) is 0 Å². The van der Waals surface area contributed by atoms with Gasteiger partial charge in [-0.25, -0.2) is 9.78 Å². The third-order valence-corrected chi connectivity index (χ3v) is 4.16. The molecule has 12 heteroatoms. The maximum absolute atomic E-state index is 12.9. The van der Waals surface area contributed by atoms with E-state index in [1.165, 1.54) is 42.6 Å². The molecular formula is C21H16F3N3O6. The molecule has 0 aliphatic heterocycles. The number of aromatic carboxylic acids is 1. The van der Waals surface area contributed by atoms with Crippen molar-refractivity contribution in [2.24, 2.45) is 7.05 Å². The Morgan fingerprint density at radius 1 is 1.09 bits per heavy atom. The highest BCUT2D eigenvalue weighted by Crippen LogP contribution is 2.29. The molecule has 1 amide bonds. The molecule has 2 N–H and O–H groups in total. The predicted octanol–water partition coefficient (Wildman–Crippen LogP) is 3.31. The number of amides is 1. The summed E-state index contributed by atoms with van der Waals surface area (Å²) in [5.74, 6) is -1.19. The Labute approximate surface area is 184 Å². The molecule has 2 heterocycles. The normalized spacial score (nSPS) is 11.0. The number of anilines is 1. The quantitative estimate of drug-likeness (QED) is 0.552. The van der Waals surface area contributed by atoms with Gasteiger partial charge in [0.25, 0.3) is 11.5 Å². The van der Waals surface area contributed by atoms with Crippen LogP contribution < -0.4 is 20.3 Å². The minimum Gasteiger partial charge on any atom is -0.484 e. The lowest BCUT2D eigenvalue weighted by Crippen LogP contribution is -2.28. The number of carboxylic acids is 1. The topological polar surface area (TPSA) is 120 Å². The lowest BCUT2D eigenvalue weighted by molar-refractivity contribution is -0.138. The van der Waals surface area contributed by atoms with E-state index < -0.39 is 41.5 Å². The summed E-state index contributed by atoms with van der Waals surface area (Å²) in [4.78, 5) is 38.7. The van der Waals surface area contributed by atoms with E-state index in [2.05, 4.69) is 10.3 Å². The smallest absolute Gasteiger partial charge is 0.417 e. The number of alkyl halides is 3. The van der Waals surface area contributed by atoms with E-state index in [0.717, 1.165) is 11.6 Å². The number of aryl methyl sites for hydroxylation is 1. The molecule has 33 heavy (non-hydrogen) atoms. The van der Waals surface area contributed by atoms with Gasteiger partial charge in [-0.1, -0.05) is 0 Å². The summed E-state index contributed by atoms with van der Waals surface area (Å²) in [6.45, 7) is -0.564. The maximum atomic E-state index is 12.9. The minimum atomic E-state index is -4.68. The van der Waals surface area contributed by atoms with Crippen LogP contribution in [-0.2, 0) is 18.0 Å². The Morgan fingerprint density at radius 2 is 1.76 bits per heavy atom. The molecule has 2 aromatic heterocycles. The number of pyridine rings is 2. The van der Waals surface area contributed by atoms with Crippen LogP contribution in [0.1, 0.15) is 16.1 Å². The summed E-state index contributed by atoms with van der Waals surface area (Å²) >= 11 is 0. The second kappa shape index (κ2) is 9.42. The number of carboxylic acid groups (broad SMARTS) is 1. The monoisotopic (exact) mass is 463 g/mol. The van der Waals surface area contributed by atoms with Gasteiger partial charge in [0.1, 0.15) is 22.9 Å². The molecule has 9 nitrogen and oxygen atoms in total. The van der Waals surface area contributed by atoms with Crippen molar-refractivity contribution in [2.75, 3.05) is 11.9 Å². The largest absolute Gasteiger partial charge is 0.484 e. The van der Waals surface area contributed by atoms with Gasteiger partial charge in [0.2, 0.25) is 0 Å². The number of ether oxygens (including phenoxy) is 2. The lowest BCUT2D eigenvalue weighted by atomic mass is 10.2. The van der Waals surface area contributed by atoms with Crippen LogP contribution in [-0.4, -0.2) is 33.1 Å². The highest BCUT2D eigenvalue weighted by Gasteiger charge is 2.32. The summed E-state index contributed by atoms with van der Waals surface area (Å²) in [7, 11) is 1.14. The fourth-order valence-corrected chi connectivity index (χ4v) is 2.62. The van der Waals surface area contributed by atoms with Crippen molar-refractivity contribution < 1.29 is 37.3 Å². The van der Waals surface area contributed by atoms with Gasteiger partial charge in [-0.15, -0.1) is 0 Å². The van der Waals surface area contributed by atoms with Crippen LogP contribution in [0.3, 0.4) is 0 Å². The molecule has 3 rings (SSSR count). The van der Waals surface area contributed by atoms with Crippen LogP contribution in [0.4, 0.5) is 18.9 Å². The molecule has 0 atom stereocenters. The van der Waals surface area contributed by atoms with Gasteiger partial charge in [-0.05, 0) is 36.4 Å². The van der Waals surface area contributed by atoms with E-state index in [0.29, 0.717) is 18.0 Å². The SMILES string of the molecule is Cn1cc(C(F)(F)F)cc(NC(=O)COc2ccc(Oc3ccnc(C(=O)O)c3)cc2)c1=O. The zero-order chi connectivity index (χ0) is 24.2. The summed E-state index contributed by atoms with van der Waals surface area (Å²) in [5, 5.41) is 11.1. The number of hydrogen-bond acceptors (Lipinski definition) is 6. The Bertz CT molecular complexity index is 1240. The molecule has 0 spiro atoms. The molecule has 0 bridgehead atoms. The summed E-state index contributed by atoms with van der Waals surface area (Å²) in [6, 6.07) is 9.19. The first-order valence-electron chi connectivity index (χ1n) is 9.21. The van der Waals surface area contributed by atoms with Crippen LogP contribution in [0.5, 0.6) is 17.2 Å². The Morgan fingerprint density at radius 3 is 2.39 bits per heavy atom. The second-order valence-electron chi connectivity index (χ2n) is 6.65. The van der Waals surface area contributed by atoms with Crippen LogP contribution >= 0.6 is 0 Å². The standard InChI is InChI=1S/C21H16F3N3O6/c1-27-10-12(21(22,23)24)8-16(19(27)29)26-18(28)11-32-13-2-4-14(5-3-13)33-15-6-7-25-17(9-15)20(30)31/h2-10H,11H2,1H3,(H,26,28)(H,30,31). The molecule has 0 saturated heterocycles. The minimum absolute atomic E-state index is 0.186. The fraction of sp³-hybridized carbons (Fsp3) is 0.143. The van der Waals surface area contributed by atoms with Crippen molar-refractivity contribution in [2.45, 2.75) is 6.18 Å². The van der Waals surface area contributed by atoms with Crippen LogP contribution in [0.2, 0.25) is 0 Å². The third-order valence-electron chi connectivity index (χ3n) is 4.16. The first-order valence-corrected chi connectivity index (χ1v) is 9.21. The molecule has 0 aliphatic rings. The highest BCUT2D eigenvalue weighted by molar-refractivity contribution is 5.91. The maximum Gasteiger partial charge on any atom is 0.417 e. The molecule has 0 aliphatic carbocycles. The number of carbonyl (C=O) groups excluding carboxylic acids is 1. The molecule has 1 aromatic carbocycles. The van der Waals surface area contributed by atoms with Crippen LogP contribution in [0.25, 0.3) is 0 Å². The Hall–Kier alpha value is -4.35. The number of benzene rings is 1.